The normalized spacial score (nSPS) is 16.8. The lowest BCUT2D eigenvalue weighted by molar-refractivity contribution is -0.123. The molecule has 3 rings (SSSR count). The van der Waals surface area contributed by atoms with E-state index in [1.165, 1.54) is 0 Å². The van der Waals surface area contributed by atoms with Gasteiger partial charge in [-0.25, -0.2) is 0 Å². The van der Waals surface area contributed by atoms with Crippen molar-refractivity contribution in [2.45, 2.75) is 6.04 Å². The van der Waals surface area contributed by atoms with Gasteiger partial charge in [-0.2, -0.15) is 0 Å². The van der Waals surface area contributed by atoms with Gasteiger partial charge in [0.05, 0.1) is 24.4 Å². The third kappa shape index (κ3) is 4.03. The second-order valence-electron chi connectivity index (χ2n) is 6.04. The zero-order valence-electron chi connectivity index (χ0n) is 14.7. The molecular formula is C20H22N2O4. The SMILES string of the molecule is COc1ccccc1N1CCNC(C(=O)COc2ccccc2C=O)C1. The van der Waals surface area contributed by atoms with E-state index >= 15 is 0 Å². The summed E-state index contributed by atoms with van der Waals surface area (Å²) in [6.45, 7) is 1.94. The number of anilines is 1. The molecule has 2 aromatic rings. The molecule has 0 radical (unpaired) electrons. The smallest absolute Gasteiger partial charge is 0.188 e. The summed E-state index contributed by atoms with van der Waals surface area (Å²) in [4.78, 5) is 25.7. The largest absolute Gasteiger partial charge is 0.495 e. The summed E-state index contributed by atoms with van der Waals surface area (Å²) in [5, 5.41) is 3.24. The lowest BCUT2D eigenvalue weighted by atomic mass is 10.1. The number of carbonyl (C=O) groups is 2. The Balaban J connectivity index is 1.64. The summed E-state index contributed by atoms with van der Waals surface area (Å²) in [6, 6.07) is 14.3. The molecule has 1 atom stereocenters. The number of ketones is 1. The average Bonchev–Trinajstić information content (AvgIpc) is 2.72. The van der Waals surface area contributed by atoms with Crippen molar-refractivity contribution in [1.82, 2.24) is 5.32 Å². The molecule has 1 aliphatic heterocycles. The number of benzene rings is 2. The number of piperazine rings is 1. The highest BCUT2D eigenvalue weighted by Gasteiger charge is 2.27. The molecule has 1 heterocycles. The number of para-hydroxylation sites is 3. The van der Waals surface area contributed by atoms with Crippen LogP contribution in [-0.2, 0) is 4.79 Å². The highest BCUT2D eigenvalue weighted by Crippen LogP contribution is 2.28. The van der Waals surface area contributed by atoms with Gasteiger partial charge < -0.3 is 19.7 Å². The fourth-order valence-corrected chi connectivity index (χ4v) is 3.03. The Labute approximate surface area is 152 Å². The molecule has 6 heteroatoms. The number of ether oxygens (including phenoxy) is 2. The van der Waals surface area contributed by atoms with Gasteiger partial charge in [-0.3, -0.25) is 9.59 Å². The van der Waals surface area contributed by atoms with E-state index in [0.29, 0.717) is 24.4 Å². The number of hydrogen-bond donors (Lipinski definition) is 1. The molecular weight excluding hydrogens is 332 g/mol. The molecule has 2 aromatic carbocycles. The van der Waals surface area contributed by atoms with Crippen LogP contribution >= 0.6 is 0 Å². The number of hydrogen-bond acceptors (Lipinski definition) is 6. The number of carbonyl (C=O) groups excluding carboxylic acids is 2. The van der Waals surface area contributed by atoms with Gasteiger partial charge in [0, 0.05) is 19.6 Å². The van der Waals surface area contributed by atoms with E-state index in [-0.39, 0.29) is 18.4 Å². The fraction of sp³-hybridized carbons (Fsp3) is 0.300. The molecule has 0 spiro atoms. The number of methoxy groups -OCH3 is 1. The van der Waals surface area contributed by atoms with Crippen molar-refractivity contribution in [3.8, 4) is 11.5 Å². The third-order valence-corrected chi connectivity index (χ3v) is 4.41. The van der Waals surface area contributed by atoms with E-state index < -0.39 is 0 Å². The van der Waals surface area contributed by atoms with Crippen LogP contribution in [0.25, 0.3) is 0 Å². The Morgan fingerprint density at radius 1 is 1.19 bits per heavy atom. The van der Waals surface area contributed by atoms with E-state index in [1.807, 2.05) is 24.3 Å². The molecule has 136 valence electrons. The van der Waals surface area contributed by atoms with Crippen molar-refractivity contribution in [1.29, 1.82) is 0 Å². The van der Waals surface area contributed by atoms with Crippen LogP contribution in [0.1, 0.15) is 10.4 Å². The van der Waals surface area contributed by atoms with Crippen molar-refractivity contribution in [3.05, 3.63) is 54.1 Å². The summed E-state index contributed by atoms with van der Waals surface area (Å²) < 4.78 is 11.0. The number of Topliss-reactive ketones (excluding diaryl/α,β-unsaturated/α-hetero) is 1. The Kier molecular flexibility index (Phi) is 5.86. The Morgan fingerprint density at radius 2 is 1.92 bits per heavy atom. The van der Waals surface area contributed by atoms with E-state index in [4.69, 9.17) is 9.47 Å². The van der Waals surface area contributed by atoms with Gasteiger partial charge in [0.25, 0.3) is 0 Å². The minimum Gasteiger partial charge on any atom is -0.495 e. The first kappa shape index (κ1) is 17.9. The topological polar surface area (TPSA) is 67.9 Å². The summed E-state index contributed by atoms with van der Waals surface area (Å²) in [6.07, 6.45) is 0.724. The Morgan fingerprint density at radius 3 is 2.69 bits per heavy atom. The first-order chi connectivity index (χ1) is 12.7. The van der Waals surface area contributed by atoms with Gasteiger partial charge in [-0.05, 0) is 24.3 Å². The molecule has 1 fully saturated rings. The Hall–Kier alpha value is -2.86. The van der Waals surface area contributed by atoms with Crippen molar-refractivity contribution in [2.24, 2.45) is 0 Å². The third-order valence-electron chi connectivity index (χ3n) is 4.41. The highest BCUT2D eigenvalue weighted by molar-refractivity contribution is 5.87. The van der Waals surface area contributed by atoms with Gasteiger partial charge in [-0.1, -0.05) is 24.3 Å². The van der Waals surface area contributed by atoms with Crippen LogP contribution in [-0.4, -0.2) is 51.5 Å². The summed E-state index contributed by atoms with van der Waals surface area (Å²) in [5.74, 6) is 1.16. The van der Waals surface area contributed by atoms with Crippen molar-refractivity contribution < 1.29 is 19.1 Å². The monoisotopic (exact) mass is 354 g/mol. The first-order valence-corrected chi connectivity index (χ1v) is 8.54. The van der Waals surface area contributed by atoms with E-state index in [1.54, 1.807) is 31.4 Å². The van der Waals surface area contributed by atoms with Gasteiger partial charge >= 0.3 is 0 Å². The van der Waals surface area contributed by atoms with Crippen LogP contribution in [0.15, 0.2) is 48.5 Å². The van der Waals surface area contributed by atoms with Crippen LogP contribution in [0, 0.1) is 0 Å². The molecule has 26 heavy (non-hydrogen) atoms. The number of aldehydes is 1. The van der Waals surface area contributed by atoms with E-state index in [2.05, 4.69) is 10.2 Å². The van der Waals surface area contributed by atoms with Gasteiger partial charge in [0.1, 0.15) is 18.1 Å². The maximum Gasteiger partial charge on any atom is 0.188 e. The lowest BCUT2D eigenvalue weighted by Crippen LogP contribution is -2.55. The van der Waals surface area contributed by atoms with Gasteiger partial charge in [-0.15, -0.1) is 0 Å². The minimum absolute atomic E-state index is 0.0506. The van der Waals surface area contributed by atoms with Crippen molar-refractivity contribution in [3.63, 3.8) is 0 Å². The highest BCUT2D eigenvalue weighted by atomic mass is 16.5. The minimum atomic E-state index is -0.336. The maximum atomic E-state index is 12.6. The maximum absolute atomic E-state index is 12.6. The zero-order chi connectivity index (χ0) is 18.4. The molecule has 0 amide bonds. The number of rotatable bonds is 7. The van der Waals surface area contributed by atoms with Crippen LogP contribution in [0.5, 0.6) is 11.5 Å². The predicted octanol–water partition coefficient (Wildman–Crippen LogP) is 1.93. The van der Waals surface area contributed by atoms with Crippen LogP contribution < -0.4 is 19.7 Å². The second kappa shape index (κ2) is 8.49. The number of nitrogens with zero attached hydrogens (tertiary/aromatic N) is 1. The van der Waals surface area contributed by atoms with Crippen LogP contribution in [0.4, 0.5) is 5.69 Å². The lowest BCUT2D eigenvalue weighted by Gasteiger charge is -2.35. The van der Waals surface area contributed by atoms with Crippen LogP contribution in [0.2, 0.25) is 0 Å². The molecule has 0 aromatic heterocycles. The summed E-state index contributed by atoms with van der Waals surface area (Å²) in [5.41, 5.74) is 1.41. The first-order valence-electron chi connectivity index (χ1n) is 8.54. The van der Waals surface area contributed by atoms with Crippen molar-refractivity contribution in [2.75, 3.05) is 38.3 Å². The predicted molar refractivity (Wildman–Crippen MR) is 99.3 cm³/mol. The molecule has 0 saturated carbocycles. The summed E-state index contributed by atoms with van der Waals surface area (Å²) >= 11 is 0. The summed E-state index contributed by atoms with van der Waals surface area (Å²) in [7, 11) is 1.64. The van der Waals surface area contributed by atoms with Crippen molar-refractivity contribution >= 4 is 17.8 Å². The van der Waals surface area contributed by atoms with Crippen LogP contribution in [0.3, 0.4) is 0 Å². The van der Waals surface area contributed by atoms with Gasteiger partial charge in [0.15, 0.2) is 12.1 Å². The molecule has 1 saturated heterocycles. The van der Waals surface area contributed by atoms with Gasteiger partial charge in [0.2, 0.25) is 0 Å². The second-order valence-corrected chi connectivity index (χ2v) is 6.04. The molecule has 6 nitrogen and oxygen atoms in total. The fourth-order valence-electron chi connectivity index (χ4n) is 3.03. The van der Waals surface area contributed by atoms with E-state index in [9.17, 15) is 9.59 Å². The standard InChI is InChI=1S/C20H22N2O4/c1-25-20-9-5-3-7-17(20)22-11-10-21-16(12-22)18(24)14-26-19-8-4-2-6-15(19)13-23/h2-9,13,16,21H,10-12,14H2,1H3. The quantitative estimate of drug-likeness (QED) is 0.767. The average molecular weight is 354 g/mol. The molecule has 1 unspecified atom stereocenters. The van der Waals surface area contributed by atoms with E-state index in [0.717, 1.165) is 24.3 Å². The molecule has 1 N–H and O–H groups in total. The Bertz CT molecular complexity index is 778. The molecule has 0 aliphatic carbocycles. The molecule has 1 aliphatic rings. The zero-order valence-corrected chi connectivity index (χ0v) is 14.7. The number of nitrogens with one attached hydrogen (secondary N) is 1. The molecule has 0 bridgehead atoms.